The number of fused-ring (bicyclic) bond motifs is 1. The van der Waals surface area contributed by atoms with Gasteiger partial charge in [0.15, 0.2) is 5.58 Å². The summed E-state index contributed by atoms with van der Waals surface area (Å²) in [6, 6.07) is 7.45. The molecule has 7 nitrogen and oxygen atoms in total. The number of para-hydroxylation sites is 2. The fourth-order valence-electron chi connectivity index (χ4n) is 3.43. The van der Waals surface area contributed by atoms with Gasteiger partial charge in [0.1, 0.15) is 0 Å². The summed E-state index contributed by atoms with van der Waals surface area (Å²) in [5, 5.41) is 2.88. The van der Waals surface area contributed by atoms with Crippen molar-refractivity contribution in [3.8, 4) is 0 Å². The lowest BCUT2D eigenvalue weighted by Gasteiger charge is -2.50. The third kappa shape index (κ3) is 1.85. The average Bonchev–Trinajstić information content (AvgIpc) is 2.94. The van der Waals surface area contributed by atoms with Crippen LogP contribution in [0.25, 0.3) is 11.1 Å². The lowest BCUT2D eigenvalue weighted by molar-refractivity contribution is 0.00256. The molecule has 2 aromatic rings. The van der Waals surface area contributed by atoms with Crippen molar-refractivity contribution in [1.29, 1.82) is 0 Å². The first kappa shape index (κ1) is 13.4. The van der Waals surface area contributed by atoms with Crippen LogP contribution in [0.5, 0.6) is 0 Å². The highest BCUT2D eigenvalue weighted by molar-refractivity contribution is 5.78. The highest BCUT2D eigenvalue weighted by Gasteiger charge is 2.51. The zero-order valence-corrected chi connectivity index (χ0v) is 12.4. The van der Waals surface area contributed by atoms with Gasteiger partial charge in [0, 0.05) is 39.8 Å². The topological polar surface area (TPSA) is 70.7 Å². The second-order valence-corrected chi connectivity index (χ2v) is 6.14. The Bertz CT molecular complexity index is 787. The fourth-order valence-corrected chi connectivity index (χ4v) is 3.43. The Morgan fingerprint density at radius 2 is 2.00 bits per heavy atom. The molecule has 0 atom stereocenters. The van der Waals surface area contributed by atoms with Crippen molar-refractivity contribution in [1.82, 2.24) is 19.7 Å². The zero-order chi connectivity index (χ0) is 15.3. The van der Waals surface area contributed by atoms with Crippen LogP contribution in [-0.4, -0.2) is 59.2 Å². The largest absolute Gasteiger partial charge is 0.419 e. The molecule has 116 valence electrons. The number of nitrogens with one attached hydrogen (secondary N) is 1. The van der Waals surface area contributed by atoms with Gasteiger partial charge in [0.25, 0.3) is 0 Å². The van der Waals surface area contributed by atoms with Crippen molar-refractivity contribution in [2.45, 2.75) is 12.1 Å². The number of carbonyl (C=O) groups excluding carboxylic acids is 1. The molecule has 2 fully saturated rings. The summed E-state index contributed by atoms with van der Waals surface area (Å²) < 4.78 is 6.90. The molecule has 2 aliphatic heterocycles. The van der Waals surface area contributed by atoms with Crippen LogP contribution in [0.3, 0.4) is 0 Å². The quantitative estimate of drug-likeness (QED) is 0.885. The van der Waals surface area contributed by atoms with Crippen molar-refractivity contribution in [3.05, 3.63) is 34.8 Å². The van der Waals surface area contributed by atoms with E-state index < -0.39 is 0 Å². The summed E-state index contributed by atoms with van der Waals surface area (Å²) in [6.45, 7) is 3.75. The number of hydrogen-bond acceptors (Lipinski definition) is 4. The standard InChI is InChI=1S/C15H18N4O3/c1-17-13(20)16-8-15(17)9-18(10-15)6-7-19-11-4-2-3-5-12(11)22-14(19)21/h2-5H,6-10H2,1H3,(H,16,20). The molecule has 1 N–H and O–H groups in total. The van der Waals surface area contributed by atoms with Crippen LogP contribution in [-0.2, 0) is 6.54 Å². The minimum absolute atomic E-state index is 0.00306. The lowest BCUT2D eigenvalue weighted by atomic mass is 9.89. The number of benzene rings is 1. The third-order valence-electron chi connectivity index (χ3n) is 4.83. The number of urea groups is 1. The molecule has 2 aliphatic rings. The van der Waals surface area contributed by atoms with E-state index in [1.165, 1.54) is 0 Å². The van der Waals surface area contributed by atoms with E-state index >= 15 is 0 Å². The van der Waals surface area contributed by atoms with Crippen LogP contribution in [0.15, 0.2) is 33.5 Å². The van der Waals surface area contributed by atoms with E-state index in [0.29, 0.717) is 18.7 Å². The molecule has 1 spiro atoms. The Kier molecular flexibility index (Phi) is 2.80. The smallest absolute Gasteiger partial charge is 0.408 e. The number of carbonyl (C=O) groups is 1. The number of aromatic nitrogens is 1. The van der Waals surface area contributed by atoms with E-state index in [0.717, 1.165) is 25.2 Å². The maximum absolute atomic E-state index is 11.9. The first-order valence-corrected chi connectivity index (χ1v) is 7.41. The van der Waals surface area contributed by atoms with Crippen LogP contribution in [0.1, 0.15) is 0 Å². The fraction of sp³-hybridized carbons (Fsp3) is 0.467. The molecule has 0 saturated carbocycles. The third-order valence-corrected chi connectivity index (χ3v) is 4.83. The van der Waals surface area contributed by atoms with Crippen molar-refractivity contribution < 1.29 is 9.21 Å². The number of amides is 2. The molecule has 2 saturated heterocycles. The van der Waals surface area contributed by atoms with Gasteiger partial charge in [-0.05, 0) is 12.1 Å². The summed E-state index contributed by atoms with van der Waals surface area (Å²) in [5.74, 6) is -0.314. The molecular weight excluding hydrogens is 284 g/mol. The van der Waals surface area contributed by atoms with Crippen molar-refractivity contribution in [2.24, 2.45) is 0 Å². The van der Waals surface area contributed by atoms with Gasteiger partial charge in [-0.15, -0.1) is 0 Å². The van der Waals surface area contributed by atoms with Gasteiger partial charge in [-0.3, -0.25) is 9.47 Å². The van der Waals surface area contributed by atoms with Crippen LogP contribution in [0.2, 0.25) is 0 Å². The first-order valence-electron chi connectivity index (χ1n) is 7.41. The van der Waals surface area contributed by atoms with E-state index in [-0.39, 0.29) is 17.3 Å². The summed E-state index contributed by atoms with van der Waals surface area (Å²) in [7, 11) is 1.84. The van der Waals surface area contributed by atoms with Crippen molar-refractivity contribution in [2.75, 3.05) is 33.2 Å². The Morgan fingerprint density at radius 3 is 2.73 bits per heavy atom. The number of rotatable bonds is 3. The summed E-state index contributed by atoms with van der Waals surface area (Å²) in [4.78, 5) is 27.5. The monoisotopic (exact) mass is 302 g/mol. The van der Waals surface area contributed by atoms with E-state index in [1.54, 1.807) is 15.5 Å². The number of hydrogen-bond donors (Lipinski definition) is 1. The first-order chi connectivity index (χ1) is 10.6. The minimum Gasteiger partial charge on any atom is -0.408 e. The molecule has 0 unspecified atom stereocenters. The Labute approximate surface area is 127 Å². The van der Waals surface area contributed by atoms with Gasteiger partial charge in [-0.1, -0.05) is 12.1 Å². The van der Waals surface area contributed by atoms with Gasteiger partial charge < -0.3 is 14.6 Å². The van der Waals surface area contributed by atoms with Crippen LogP contribution in [0.4, 0.5) is 4.79 Å². The number of nitrogens with zero attached hydrogens (tertiary/aromatic N) is 3. The molecular formula is C15H18N4O3. The predicted molar refractivity (Wildman–Crippen MR) is 80.8 cm³/mol. The van der Waals surface area contributed by atoms with E-state index in [2.05, 4.69) is 10.2 Å². The lowest BCUT2D eigenvalue weighted by Crippen LogP contribution is -2.69. The molecule has 7 heteroatoms. The molecule has 2 amide bonds. The summed E-state index contributed by atoms with van der Waals surface area (Å²) >= 11 is 0. The van der Waals surface area contributed by atoms with Gasteiger partial charge in [-0.2, -0.15) is 0 Å². The molecule has 0 bridgehead atoms. The second kappa shape index (κ2) is 4.61. The van der Waals surface area contributed by atoms with Crippen molar-refractivity contribution in [3.63, 3.8) is 0 Å². The molecule has 4 rings (SSSR count). The number of likely N-dealkylation sites (N-methyl/N-ethyl adjacent to an activating group) is 1. The molecule has 1 aromatic heterocycles. The van der Waals surface area contributed by atoms with Gasteiger partial charge in [-0.25, -0.2) is 9.59 Å². The highest BCUT2D eigenvalue weighted by atomic mass is 16.4. The highest BCUT2D eigenvalue weighted by Crippen LogP contribution is 2.29. The number of oxazole rings is 1. The maximum atomic E-state index is 11.9. The Morgan fingerprint density at radius 1 is 1.23 bits per heavy atom. The molecule has 0 aliphatic carbocycles. The van der Waals surface area contributed by atoms with Crippen LogP contribution in [0, 0.1) is 0 Å². The molecule has 22 heavy (non-hydrogen) atoms. The van der Waals surface area contributed by atoms with E-state index in [9.17, 15) is 9.59 Å². The Hall–Kier alpha value is -2.28. The van der Waals surface area contributed by atoms with Gasteiger partial charge >= 0.3 is 11.8 Å². The molecule has 1 aromatic carbocycles. The van der Waals surface area contributed by atoms with Crippen LogP contribution < -0.4 is 11.1 Å². The summed E-state index contributed by atoms with van der Waals surface area (Å²) in [6.07, 6.45) is 0. The summed E-state index contributed by atoms with van der Waals surface area (Å²) in [5.41, 5.74) is 1.39. The van der Waals surface area contributed by atoms with Crippen molar-refractivity contribution >= 4 is 17.1 Å². The SMILES string of the molecule is CN1C(=O)NCC12CN(CCn1c(=O)oc3ccccc31)C2. The van der Waals surface area contributed by atoms with Gasteiger partial charge in [0.2, 0.25) is 0 Å². The number of likely N-dealkylation sites (tertiary alicyclic amines) is 1. The molecule has 0 radical (unpaired) electrons. The normalized spacial score (nSPS) is 20.6. The van der Waals surface area contributed by atoms with E-state index in [1.807, 2.05) is 25.2 Å². The maximum Gasteiger partial charge on any atom is 0.419 e. The Balaban J connectivity index is 1.43. The van der Waals surface area contributed by atoms with E-state index in [4.69, 9.17) is 4.42 Å². The second-order valence-electron chi connectivity index (χ2n) is 6.14. The van der Waals surface area contributed by atoms with Gasteiger partial charge in [0.05, 0.1) is 11.1 Å². The molecule has 3 heterocycles. The zero-order valence-electron chi connectivity index (χ0n) is 12.4. The predicted octanol–water partition coefficient (Wildman–Crippen LogP) is 0.304. The average molecular weight is 302 g/mol. The minimum atomic E-state index is -0.314. The van der Waals surface area contributed by atoms with Crippen LogP contribution >= 0.6 is 0 Å².